The molecule has 1 aliphatic heterocycles. The summed E-state index contributed by atoms with van der Waals surface area (Å²) in [6.07, 6.45) is -0.134. The van der Waals surface area contributed by atoms with E-state index in [1.54, 1.807) is 0 Å². The van der Waals surface area contributed by atoms with Gasteiger partial charge < -0.3 is 4.90 Å². The Bertz CT molecular complexity index is 368. The Kier molecular flexibility index (Phi) is 2.98. The number of rotatable bonds is 1. The zero-order valence-electron chi connectivity index (χ0n) is 7.55. The van der Waals surface area contributed by atoms with E-state index in [1.807, 2.05) is 22.6 Å². The van der Waals surface area contributed by atoms with Crippen molar-refractivity contribution in [3.8, 4) is 0 Å². The molecule has 1 aromatic rings. The molecule has 0 atom stereocenters. The highest BCUT2D eigenvalue weighted by atomic mass is 127. The Morgan fingerprint density at radius 2 is 2.20 bits per heavy atom. The van der Waals surface area contributed by atoms with Crippen LogP contribution in [-0.4, -0.2) is 29.0 Å². The van der Waals surface area contributed by atoms with Gasteiger partial charge >= 0.3 is 0 Å². The van der Waals surface area contributed by atoms with Crippen LogP contribution in [0.4, 0.5) is 14.6 Å². The van der Waals surface area contributed by atoms with Gasteiger partial charge in [0.1, 0.15) is 11.0 Å². The molecule has 7 heteroatoms. The van der Waals surface area contributed by atoms with Gasteiger partial charge in [0.15, 0.2) is 3.83 Å². The third kappa shape index (κ3) is 2.66. The maximum absolute atomic E-state index is 13.0. The Balaban J connectivity index is 2.24. The van der Waals surface area contributed by atoms with Gasteiger partial charge in [0.05, 0.1) is 6.54 Å². The first-order valence-electron chi connectivity index (χ1n) is 4.29. The molecule has 3 nitrogen and oxygen atoms in total. The Labute approximate surface area is 104 Å². The van der Waals surface area contributed by atoms with Crippen LogP contribution in [0.15, 0.2) is 6.07 Å². The van der Waals surface area contributed by atoms with Crippen LogP contribution in [0.5, 0.6) is 0 Å². The van der Waals surface area contributed by atoms with E-state index in [4.69, 9.17) is 11.6 Å². The molecule has 0 aromatic carbocycles. The zero-order chi connectivity index (χ0) is 11.1. The van der Waals surface area contributed by atoms with Crippen molar-refractivity contribution in [2.24, 2.45) is 0 Å². The molecule has 0 radical (unpaired) electrons. The first kappa shape index (κ1) is 11.3. The fourth-order valence-electron chi connectivity index (χ4n) is 1.47. The molecule has 0 unspecified atom stereocenters. The lowest BCUT2D eigenvalue weighted by molar-refractivity contribution is 0.0256. The second kappa shape index (κ2) is 3.97. The molecule has 15 heavy (non-hydrogen) atoms. The summed E-state index contributed by atoms with van der Waals surface area (Å²) in [5, 5.41) is 0.277. The molecule has 1 aliphatic rings. The van der Waals surface area contributed by atoms with Crippen LogP contribution < -0.4 is 4.90 Å². The minimum absolute atomic E-state index is 0.134. The molecule has 2 rings (SSSR count). The number of nitrogens with zero attached hydrogens (tertiary/aromatic N) is 3. The Hall–Kier alpha value is -0.240. The zero-order valence-corrected chi connectivity index (χ0v) is 10.5. The number of aromatic nitrogens is 2. The maximum Gasteiger partial charge on any atom is 0.266 e. The van der Waals surface area contributed by atoms with Crippen molar-refractivity contribution in [1.82, 2.24) is 9.97 Å². The molecule has 0 bridgehead atoms. The number of halogens is 4. The molecule has 1 fully saturated rings. The van der Waals surface area contributed by atoms with Gasteiger partial charge in [0.25, 0.3) is 5.92 Å². The van der Waals surface area contributed by atoms with Crippen molar-refractivity contribution in [2.75, 3.05) is 18.0 Å². The van der Waals surface area contributed by atoms with Crippen LogP contribution in [0.25, 0.3) is 0 Å². The number of hydrogen-bond donors (Lipinski definition) is 0. The summed E-state index contributed by atoms with van der Waals surface area (Å²) in [7, 11) is 0. The van der Waals surface area contributed by atoms with Gasteiger partial charge in [-0.05, 0) is 0 Å². The van der Waals surface area contributed by atoms with E-state index in [0.717, 1.165) is 0 Å². The second-order valence-electron chi connectivity index (χ2n) is 3.35. The van der Waals surface area contributed by atoms with Gasteiger partial charge in [-0.3, -0.25) is 0 Å². The maximum atomic E-state index is 13.0. The van der Waals surface area contributed by atoms with Crippen molar-refractivity contribution >= 4 is 40.0 Å². The predicted octanol–water partition coefficient (Wildman–Crippen LogP) is 2.58. The largest absolute Gasteiger partial charge is 0.350 e. The lowest BCUT2D eigenvalue weighted by Crippen LogP contribution is -2.25. The van der Waals surface area contributed by atoms with E-state index in [1.165, 1.54) is 11.0 Å². The monoisotopic (exact) mass is 345 g/mol. The van der Waals surface area contributed by atoms with Gasteiger partial charge in [-0.1, -0.05) is 11.6 Å². The van der Waals surface area contributed by atoms with Crippen LogP contribution >= 0.6 is 34.2 Å². The van der Waals surface area contributed by atoms with Crippen molar-refractivity contribution in [3.63, 3.8) is 0 Å². The van der Waals surface area contributed by atoms with Crippen LogP contribution in [0.2, 0.25) is 5.15 Å². The van der Waals surface area contributed by atoms with Gasteiger partial charge in [-0.15, -0.1) is 0 Å². The summed E-state index contributed by atoms with van der Waals surface area (Å²) < 4.78 is 26.4. The number of hydrogen-bond acceptors (Lipinski definition) is 3. The number of anilines is 1. The third-order valence-corrected chi connectivity index (χ3v) is 2.82. The molecule has 0 amide bonds. The van der Waals surface area contributed by atoms with Crippen LogP contribution in [-0.2, 0) is 0 Å². The molecule has 1 aromatic heterocycles. The minimum Gasteiger partial charge on any atom is -0.350 e. The highest BCUT2D eigenvalue weighted by Crippen LogP contribution is 2.30. The molecule has 1 saturated heterocycles. The van der Waals surface area contributed by atoms with Gasteiger partial charge in [0, 0.05) is 41.6 Å². The average Bonchev–Trinajstić information content (AvgIpc) is 2.44. The third-order valence-electron chi connectivity index (χ3n) is 2.15. The van der Waals surface area contributed by atoms with Crippen molar-refractivity contribution in [3.05, 3.63) is 15.1 Å². The van der Waals surface area contributed by atoms with E-state index in [9.17, 15) is 8.78 Å². The molecule has 0 N–H and O–H groups in total. The molecule has 0 aliphatic carbocycles. The summed E-state index contributed by atoms with van der Waals surface area (Å²) in [5.74, 6) is -2.15. The van der Waals surface area contributed by atoms with Crippen LogP contribution in [0.1, 0.15) is 6.42 Å². The lowest BCUT2D eigenvalue weighted by atomic mass is 10.3. The topological polar surface area (TPSA) is 29.0 Å². The molecular weight excluding hydrogens is 338 g/mol. The van der Waals surface area contributed by atoms with Gasteiger partial charge in [0.2, 0.25) is 0 Å². The van der Waals surface area contributed by atoms with Crippen molar-refractivity contribution < 1.29 is 8.78 Å². The van der Waals surface area contributed by atoms with E-state index in [-0.39, 0.29) is 18.1 Å². The summed E-state index contributed by atoms with van der Waals surface area (Å²) in [4.78, 5) is 9.46. The molecule has 2 heterocycles. The normalized spacial score (nSPS) is 19.6. The summed E-state index contributed by atoms with van der Waals surface area (Å²) in [5.41, 5.74) is 0. The fourth-order valence-corrected chi connectivity index (χ4v) is 2.30. The summed E-state index contributed by atoms with van der Waals surface area (Å²) >= 11 is 7.64. The van der Waals surface area contributed by atoms with Crippen molar-refractivity contribution in [1.29, 1.82) is 0 Å². The van der Waals surface area contributed by atoms with Gasteiger partial charge in [-0.25, -0.2) is 18.7 Å². The van der Waals surface area contributed by atoms with Crippen molar-refractivity contribution in [2.45, 2.75) is 12.3 Å². The summed E-state index contributed by atoms with van der Waals surface area (Å²) in [6.45, 7) is 0.00679. The quantitative estimate of drug-likeness (QED) is 0.445. The average molecular weight is 346 g/mol. The van der Waals surface area contributed by atoms with Crippen LogP contribution in [0.3, 0.4) is 0 Å². The highest BCUT2D eigenvalue weighted by Gasteiger charge is 2.38. The molecule has 0 spiro atoms. The van der Waals surface area contributed by atoms with Crippen LogP contribution in [0, 0.1) is 3.83 Å². The summed E-state index contributed by atoms with van der Waals surface area (Å²) in [6, 6.07) is 1.51. The minimum atomic E-state index is -2.62. The van der Waals surface area contributed by atoms with E-state index in [0.29, 0.717) is 16.2 Å². The van der Waals surface area contributed by atoms with E-state index >= 15 is 0 Å². The fraction of sp³-hybridized carbons (Fsp3) is 0.500. The first-order valence-corrected chi connectivity index (χ1v) is 5.75. The Morgan fingerprint density at radius 3 is 2.73 bits per heavy atom. The SMILES string of the molecule is FC1(F)CCN(c2cc(Cl)nc(I)n2)C1. The standard InChI is InChI=1S/C8H7ClF2IN3/c9-5-3-6(14-7(12)13-5)15-2-1-8(10,11)4-15/h3H,1-2,4H2. The Morgan fingerprint density at radius 1 is 1.47 bits per heavy atom. The van der Waals surface area contributed by atoms with Gasteiger partial charge in [-0.2, -0.15) is 0 Å². The smallest absolute Gasteiger partial charge is 0.266 e. The predicted molar refractivity (Wildman–Crippen MR) is 61.5 cm³/mol. The second-order valence-corrected chi connectivity index (χ2v) is 4.70. The lowest BCUT2D eigenvalue weighted by Gasteiger charge is -2.16. The van der Waals surface area contributed by atoms with E-state index < -0.39 is 5.92 Å². The first-order chi connectivity index (χ1) is 6.96. The molecular formula is C8H7ClF2IN3. The molecule has 0 saturated carbocycles. The molecule has 82 valence electrons. The van der Waals surface area contributed by atoms with E-state index in [2.05, 4.69) is 9.97 Å². The number of alkyl halides is 2. The highest BCUT2D eigenvalue weighted by molar-refractivity contribution is 14.1.